The van der Waals surface area contributed by atoms with Crippen LogP contribution in [0.25, 0.3) is 0 Å². The van der Waals surface area contributed by atoms with Crippen molar-refractivity contribution >= 4 is 11.9 Å². The van der Waals surface area contributed by atoms with Crippen LogP contribution in [0, 0.1) is 0 Å². The van der Waals surface area contributed by atoms with Crippen LogP contribution in [0.15, 0.2) is 30.3 Å². The SMILES string of the molecule is CC(=O)N1CCN(Cc2ccccc2)[C@@H](CC(=O)O)C1. The number of benzene rings is 1. The van der Waals surface area contributed by atoms with Crippen LogP contribution in [-0.2, 0) is 16.1 Å². The minimum atomic E-state index is -0.821. The van der Waals surface area contributed by atoms with Gasteiger partial charge in [-0.15, -0.1) is 0 Å². The average Bonchev–Trinajstić information content (AvgIpc) is 2.41. The lowest BCUT2D eigenvalue weighted by atomic mass is 10.1. The summed E-state index contributed by atoms with van der Waals surface area (Å²) >= 11 is 0. The fraction of sp³-hybridized carbons (Fsp3) is 0.467. The number of carbonyl (C=O) groups excluding carboxylic acids is 1. The van der Waals surface area contributed by atoms with E-state index in [2.05, 4.69) is 4.90 Å². The van der Waals surface area contributed by atoms with Gasteiger partial charge in [0.2, 0.25) is 5.91 Å². The number of amides is 1. The van der Waals surface area contributed by atoms with Crippen molar-refractivity contribution in [3.63, 3.8) is 0 Å². The summed E-state index contributed by atoms with van der Waals surface area (Å²) in [6, 6.07) is 9.88. The summed E-state index contributed by atoms with van der Waals surface area (Å²) in [6.07, 6.45) is 0.0661. The molecule has 5 nitrogen and oxygen atoms in total. The van der Waals surface area contributed by atoms with Crippen molar-refractivity contribution < 1.29 is 14.7 Å². The summed E-state index contributed by atoms with van der Waals surface area (Å²) in [5.74, 6) is -0.807. The zero-order chi connectivity index (χ0) is 14.5. The first-order chi connectivity index (χ1) is 9.56. The summed E-state index contributed by atoms with van der Waals surface area (Å²) in [7, 11) is 0. The molecule has 1 aliphatic heterocycles. The molecular formula is C15H20N2O3. The van der Waals surface area contributed by atoms with Crippen LogP contribution in [0.1, 0.15) is 18.9 Å². The highest BCUT2D eigenvalue weighted by atomic mass is 16.4. The van der Waals surface area contributed by atoms with Crippen molar-refractivity contribution in [1.82, 2.24) is 9.80 Å². The molecule has 2 rings (SSSR count). The van der Waals surface area contributed by atoms with Crippen LogP contribution in [0.3, 0.4) is 0 Å². The van der Waals surface area contributed by atoms with Crippen LogP contribution in [0.5, 0.6) is 0 Å². The Morgan fingerprint density at radius 1 is 1.25 bits per heavy atom. The molecule has 108 valence electrons. The molecule has 1 atom stereocenters. The van der Waals surface area contributed by atoms with E-state index >= 15 is 0 Å². The molecule has 1 N–H and O–H groups in total. The first-order valence-corrected chi connectivity index (χ1v) is 6.81. The van der Waals surface area contributed by atoms with Gasteiger partial charge in [-0.05, 0) is 5.56 Å². The van der Waals surface area contributed by atoms with E-state index in [1.165, 1.54) is 12.5 Å². The molecule has 1 aliphatic rings. The van der Waals surface area contributed by atoms with Crippen molar-refractivity contribution in [2.45, 2.75) is 25.9 Å². The van der Waals surface area contributed by atoms with E-state index in [-0.39, 0.29) is 18.4 Å². The Balaban J connectivity index is 2.06. The molecule has 1 aromatic carbocycles. The number of hydrogen-bond acceptors (Lipinski definition) is 3. The summed E-state index contributed by atoms with van der Waals surface area (Å²) in [6.45, 7) is 4.13. The zero-order valence-corrected chi connectivity index (χ0v) is 11.7. The summed E-state index contributed by atoms with van der Waals surface area (Å²) in [5, 5.41) is 9.04. The maximum atomic E-state index is 11.5. The highest BCUT2D eigenvalue weighted by molar-refractivity contribution is 5.73. The molecule has 1 saturated heterocycles. The monoisotopic (exact) mass is 276 g/mol. The lowest BCUT2D eigenvalue weighted by Crippen LogP contribution is -2.54. The number of aliphatic carboxylic acids is 1. The third-order valence-corrected chi connectivity index (χ3v) is 3.69. The standard InChI is InChI=1S/C15H20N2O3/c1-12(18)16-7-8-17(14(11-16)9-15(19)20)10-13-5-3-2-4-6-13/h2-6,14H,7-11H2,1H3,(H,19,20)/t14-/m0/s1. The van der Waals surface area contributed by atoms with Gasteiger partial charge in [-0.1, -0.05) is 30.3 Å². The second-order valence-electron chi connectivity index (χ2n) is 5.17. The Morgan fingerprint density at radius 2 is 1.95 bits per heavy atom. The van der Waals surface area contributed by atoms with E-state index in [4.69, 9.17) is 5.11 Å². The van der Waals surface area contributed by atoms with E-state index in [1.54, 1.807) is 4.90 Å². The number of nitrogens with zero attached hydrogens (tertiary/aromatic N) is 2. The fourth-order valence-corrected chi connectivity index (χ4v) is 2.60. The molecule has 1 amide bonds. The number of carboxylic acids is 1. The zero-order valence-electron chi connectivity index (χ0n) is 11.7. The average molecular weight is 276 g/mol. The minimum Gasteiger partial charge on any atom is -0.481 e. The third kappa shape index (κ3) is 3.81. The van der Waals surface area contributed by atoms with Gasteiger partial charge < -0.3 is 10.0 Å². The van der Waals surface area contributed by atoms with Gasteiger partial charge in [0.15, 0.2) is 0 Å². The molecule has 5 heteroatoms. The Labute approximate surface area is 118 Å². The van der Waals surface area contributed by atoms with Gasteiger partial charge >= 0.3 is 5.97 Å². The van der Waals surface area contributed by atoms with E-state index < -0.39 is 5.97 Å². The molecule has 20 heavy (non-hydrogen) atoms. The molecule has 0 bridgehead atoms. The molecule has 1 fully saturated rings. The smallest absolute Gasteiger partial charge is 0.305 e. The predicted octanol–water partition coefficient (Wildman–Crippen LogP) is 1.19. The summed E-state index contributed by atoms with van der Waals surface area (Å²) in [5.41, 5.74) is 1.17. The summed E-state index contributed by atoms with van der Waals surface area (Å²) < 4.78 is 0. The maximum Gasteiger partial charge on any atom is 0.305 e. The van der Waals surface area contributed by atoms with Gasteiger partial charge in [-0.3, -0.25) is 14.5 Å². The molecule has 0 aliphatic carbocycles. The van der Waals surface area contributed by atoms with Gasteiger partial charge in [0.1, 0.15) is 0 Å². The topological polar surface area (TPSA) is 60.9 Å². The molecule has 0 unspecified atom stereocenters. The van der Waals surface area contributed by atoms with Crippen molar-refractivity contribution in [2.75, 3.05) is 19.6 Å². The first kappa shape index (κ1) is 14.5. The number of carboxylic acid groups (broad SMARTS) is 1. The van der Waals surface area contributed by atoms with Gasteiger partial charge in [-0.2, -0.15) is 0 Å². The van der Waals surface area contributed by atoms with Crippen LogP contribution in [-0.4, -0.2) is 52.5 Å². The van der Waals surface area contributed by atoms with Crippen molar-refractivity contribution in [1.29, 1.82) is 0 Å². The highest BCUT2D eigenvalue weighted by Crippen LogP contribution is 2.16. The van der Waals surface area contributed by atoms with Crippen molar-refractivity contribution in [3.8, 4) is 0 Å². The molecule has 1 aromatic rings. The highest BCUT2D eigenvalue weighted by Gasteiger charge is 2.29. The molecule has 0 aromatic heterocycles. The lowest BCUT2D eigenvalue weighted by Gasteiger charge is -2.40. The fourth-order valence-electron chi connectivity index (χ4n) is 2.60. The lowest BCUT2D eigenvalue weighted by molar-refractivity contribution is -0.141. The van der Waals surface area contributed by atoms with Crippen molar-refractivity contribution in [2.24, 2.45) is 0 Å². The van der Waals surface area contributed by atoms with Gasteiger partial charge in [0.05, 0.1) is 6.42 Å². The van der Waals surface area contributed by atoms with Gasteiger partial charge in [-0.25, -0.2) is 0 Å². The van der Waals surface area contributed by atoms with E-state index in [1.807, 2.05) is 30.3 Å². The Bertz CT molecular complexity index is 475. The van der Waals surface area contributed by atoms with Crippen LogP contribution >= 0.6 is 0 Å². The minimum absolute atomic E-state index is 0.0137. The van der Waals surface area contributed by atoms with Crippen LogP contribution in [0.2, 0.25) is 0 Å². The number of carbonyl (C=O) groups is 2. The van der Waals surface area contributed by atoms with Gasteiger partial charge in [0, 0.05) is 39.1 Å². The Hall–Kier alpha value is -1.88. The molecular weight excluding hydrogens is 256 g/mol. The van der Waals surface area contributed by atoms with Crippen LogP contribution < -0.4 is 0 Å². The molecule has 0 spiro atoms. The van der Waals surface area contributed by atoms with E-state index in [9.17, 15) is 9.59 Å². The molecule has 0 radical (unpaired) electrons. The normalized spacial score (nSPS) is 19.9. The Morgan fingerprint density at radius 3 is 2.55 bits per heavy atom. The van der Waals surface area contributed by atoms with Gasteiger partial charge in [0.25, 0.3) is 0 Å². The second kappa shape index (κ2) is 6.52. The third-order valence-electron chi connectivity index (χ3n) is 3.69. The van der Waals surface area contributed by atoms with Crippen molar-refractivity contribution in [3.05, 3.63) is 35.9 Å². The van der Waals surface area contributed by atoms with E-state index in [0.717, 1.165) is 6.54 Å². The second-order valence-corrected chi connectivity index (χ2v) is 5.17. The largest absolute Gasteiger partial charge is 0.481 e. The number of hydrogen-bond donors (Lipinski definition) is 1. The molecule has 0 saturated carbocycles. The van der Waals surface area contributed by atoms with Crippen LogP contribution in [0.4, 0.5) is 0 Å². The predicted molar refractivity (Wildman–Crippen MR) is 75.1 cm³/mol. The summed E-state index contributed by atoms with van der Waals surface area (Å²) in [4.78, 5) is 26.4. The maximum absolute atomic E-state index is 11.5. The Kier molecular flexibility index (Phi) is 4.74. The molecule has 1 heterocycles. The first-order valence-electron chi connectivity index (χ1n) is 6.81. The number of rotatable bonds is 4. The number of piperazine rings is 1. The van der Waals surface area contributed by atoms with E-state index in [0.29, 0.717) is 19.6 Å². The quantitative estimate of drug-likeness (QED) is 0.897.